The highest BCUT2D eigenvalue weighted by Gasteiger charge is 2.17. The maximum atomic E-state index is 5.37. The third-order valence-corrected chi connectivity index (χ3v) is 5.71. The molecule has 0 saturated carbocycles. The van der Waals surface area contributed by atoms with Gasteiger partial charge >= 0.3 is 0 Å². The Morgan fingerprint density at radius 1 is 1.17 bits per heavy atom. The van der Waals surface area contributed by atoms with Gasteiger partial charge in [0.2, 0.25) is 0 Å². The summed E-state index contributed by atoms with van der Waals surface area (Å²) in [6.45, 7) is 0. The molecule has 4 rings (SSSR count). The Morgan fingerprint density at radius 3 is 2.92 bits per heavy atom. The lowest BCUT2D eigenvalue weighted by Gasteiger charge is -2.09. The third kappa shape index (κ3) is 2.57. The molecule has 1 aliphatic carbocycles. The molecule has 4 heteroatoms. The van der Waals surface area contributed by atoms with E-state index in [1.54, 1.807) is 18.4 Å². The van der Waals surface area contributed by atoms with Crippen LogP contribution in [0.2, 0.25) is 0 Å². The SMILES string of the molecule is CNc1cc(-c2ncc(-c3cccc4c3CCC4)s2)ccc1OC. The fourth-order valence-corrected chi connectivity index (χ4v) is 4.38. The Balaban J connectivity index is 1.72. The molecule has 1 heterocycles. The maximum Gasteiger partial charge on any atom is 0.141 e. The van der Waals surface area contributed by atoms with Gasteiger partial charge in [-0.1, -0.05) is 18.2 Å². The molecule has 0 spiro atoms. The van der Waals surface area contributed by atoms with E-state index in [9.17, 15) is 0 Å². The third-order valence-electron chi connectivity index (χ3n) is 4.63. The van der Waals surface area contributed by atoms with Gasteiger partial charge in [-0.05, 0) is 54.2 Å². The Kier molecular flexibility index (Phi) is 3.98. The number of hydrogen-bond acceptors (Lipinski definition) is 4. The van der Waals surface area contributed by atoms with E-state index in [2.05, 4.69) is 40.6 Å². The second-order valence-corrected chi connectivity index (χ2v) is 7.02. The summed E-state index contributed by atoms with van der Waals surface area (Å²) in [6, 6.07) is 12.8. The molecule has 1 N–H and O–H groups in total. The molecule has 2 aromatic carbocycles. The molecule has 24 heavy (non-hydrogen) atoms. The van der Waals surface area contributed by atoms with Crippen LogP contribution in [0.25, 0.3) is 21.0 Å². The van der Waals surface area contributed by atoms with Crippen LogP contribution in [0, 0.1) is 0 Å². The topological polar surface area (TPSA) is 34.2 Å². The lowest BCUT2D eigenvalue weighted by molar-refractivity contribution is 0.416. The van der Waals surface area contributed by atoms with Crippen LogP contribution >= 0.6 is 11.3 Å². The normalized spacial score (nSPS) is 12.9. The first-order chi connectivity index (χ1) is 11.8. The van der Waals surface area contributed by atoms with Gasteiger partial charge in [0, 0.05) is 18.8 Å². The molecule has 1 aromatic heterocycles. The van der Waals surface area contributed by atoms with Crippen molar-refractivity contribution in [1.29, 1.82) is 0 Å². The number of aryl methyl sites for hydroxylation is 1. The Bertz CT molecular complexity index is 885. The summed E-state index contributed by atoms with van der Waals surface area (Å²) in [5.41, 5.74) is 6.47. The number of anilines is 1. The number of aromatic nitrogens is 1. The van der Waals surface area contributed by atoms with E-state index in [0.29, 0.717) is 0 Å². The summed E-state index contributed by atoms with van der Waals surface area (Å²) < 4.78 is 5.37. The van der Waals surface area contributed by atoms with Gasteiger partial charge in [-0.25, -0.2) is 4.98 Å². The highest BCUT2D eigenvalue weighted by atomic mass is 32.1. The summed E-state index contributed by atoms with van der Waals surface area (Å²) in [6.07, 6.45) is 5.67. The number of nitrogens with one attached hydrogen (secondary N) is 1. The van der Waals surface area contributed by atoms with Gasteiger partial charge in [0.15, 0.2) is 0 Å². The fraction of sp³-hybridized carbons (Fsp3) is 0.250. The van der Waals surface area contributed by atoms with E-state index >= 15 is 0 Å². The van der Waals surface area contributed by atoms with Crippen molar-refractivity contribution in [2.45, 2.75) is 19.3 Å². The standard InChI is InChI=1S/C20H20N2OS/c1-21-17-11-14(9-10-18(17)23-2)20-22-12-19(24-20)16-8-4-6-13-5-3-7-15(13)16/h4,6,8-12,21H,3,5,7H2,1-2H3. The van der Waals surface area contributed by atoms with Gasteiger partial charge in [-0.3, -0.25) is 0 Å². The number of ether oxygens (including phenoxy) is 1. The molecule has 0 atom stereocenters. The van der Waals surface area contributed by atoms with Crippen LogP contribution in [0.5, 0.6) is 5.75 Å². The predicted molar refractivity (Wildman–Crippen MR) is 101 cm³/mol. The number of thiazole rings is 1. The van der Waals surface area contributed by atoms with Gasteiger partial charge in [0.25, 0.3) is 0 Å². The number of nitrogens with zero attached hydrogens (tertiary/aromatic N) is 1. The average molecular weight is 336 g/mol. The van der Waals surface area contributed by atoms with Crippen LogP contribution in [0.1, 0.15) is 17.5 Å². The average Bonchev–Trinajstić information content (AvgIpc) is 3.30. The van der Waals surface area contributed by atoms with E-state index < -0.39 is 0 Å². The summed E-state index contributed by atoms with van der Waals surface area (Å²) in [5, 5.41) is 4.22. The van der Waals surface area contributed by atoms with Crippen molar-refractivity contribution in [2.75, 3.05) is 19.5 Å². The van der Waals surface area contributed by atoms with Crippen LogP contribution in [0.4, 0.5) is 5.69 Å². The largest absolute Gasteiger partial charge is 0.495 e. The molecular weight excluding hydrogens is 316 g/mol. The molecule has 1 aliphatic rings. The zero-order valence-electron chi connectivity index (χ0n) is 13.9. The minimum Gasteiger partial charge on any atom is -0.495 e. The maximum absolute atomic E-state index is 5.37. The first-order valence-electron chi connectivity index (χ1n) is 8.23. The van der Waals surface area contributed by atoms with Crippen molar-refractivity contribution >= 4 is 17.0 Å². The molecule has 0 amide bonds. The summed E-state index contributed by atoms with van der Waals surface area (Å²) in [4.78, 5) is 5.92. The van der Waals surface area contributed by atoms with Crippen molar-refractivity contribution in [2.24, 2.45) is 0 Å². The van der Waals surface area contributed by atoms with Crippen LogP contribution in [-0.4, -0.2) is 19.1 Å². The van der Waals surface area contributed by atoms with E-state index in [0.717, 1.165) is 22.0 Å². The Labute approximate surface area is 146 Å². The lowest BCUT2D eigenvalue weighted by Crippen LogP contribution is -1.93. The molecule has 122 valence electrons. The molecule has 3 aromatic rings. The zero-order valence-corrected chi connectivity index (χ0v) is 14.7. The van der Waals surface area contributed by atoms with Crippen molar-refractivity contribution in [1.82, 2.24) is 4.98 Å². The quantitative estimate of drug-likeness (QED) is 0.727. The highest BCUT2D eigenvalue weighted by Crippen LogP contribution is 2.39. The molecule has 0 saturated heterocycles. The summed E-state index contributed by atoms with van der Waals surface area (Å²) in [5.74, 6) is 0.846. The predicted octanol–water partition coefficient (Wildman–Crippen LogP) is 5.02. The first-order valence-corrected chi connectivity index (χ1v) is 9.05. The van der Waals surface area contributed by atoms with E-state index in [1.807, 2.05) is 19.3 Å². The fourth-order valence-electron chi connectivity index (χ4n) is 3.42. The number of rotatable bonds is 4. The van der Waals surface area contributed by atoms with Gasteiger partial charge in [0.05, 0.1) is 17.7 Å². The smallest absolute Gasteiger partial charge is 0.141 e. The molecule has 0 fully saturated rings. The molecule has 0 bridgehead atoms. The molecule has 0 aliphatic heterocycles. The Morgan fingerprint density at radius 2 is 2.08 bits per heavy atom. The van der Waals surface area contributed by atoms with Crippen LogP contribution in [-0.2, 0) is 12.8 Å². The lowest BCUT2D eigenvalue weighted by atomic mass is 10.0. The van der Waals surface area contributed by atoms with Crippen LogP contribution < -0.4 is 10.1 Å². The van der Waals surface area contributed by atoms with Crippen molar-refractivity contribution in [3.8, 4) is 26.8 Å². The molecule has 0 radical (unpaired) electrons. The van der Waals surface area contributed by atoms with Gasteiger partial charge in [-0.2, -0.15) is 0 Å². The summed E-state index contributed by atoms with van der Waals surface area (Å²) >= 11 is 1.76. The number of hydrogen-bond donors (Lipinski definition) is 1. The van der Waals surface area contributed by atoms with Crippen molar-refractivity contribution in [3.63, 3.8) is 0 Å². The van der Waals surface area contributed by atoms with E-state index in [1.165, 1.54) is 40.8 Å². The van der Waals surface area contributed by atoms with E-state index in [4.69, 9.17) is 4.74 Å². The van der Waals surface area contributed by atoms with Gasteiger partial charge in [0.1, 0.15) is 10.8 Å². The Hall–Kier alpha value is -2.33. The van der Waals surface area contributed by atoms with Crippen molar-refractivity contribution < 1.29 is 4.74 Å². The minimum atomic E-state index is 0.846. The number of fused-ring (bicyclic) bond motifs is 1. The monoisotopic (exact) mass is 336 g/mol. The zero-order chi connectivity index (χ0) is 16.5. The molecule has 3 nitrogen and oxygen atoms in total. The summed E-state index contributed by atoms with van der Waals surface area (Å²) in [7, 11) is 3.59. The number of methoxy groups -OCH3 is 1. The van der Waals surface area contributed by atoms with Crippen LogP contribution in [0.15, 0.2) is 42.6 Å². The number of benzene rings is 2. The molecule has 0 unspecified atom stereocenters. The second-order valence-electron chi connectivity index (χ2n) is 5.99. The molecular formula is C20H20N2OS. The second kappa shape index (κ2) is 6.29. The minimum absolute atomic E-state index is 0.846. The van der Waals surface area contributed by atoms with Gasteiger partial charge in [-0.15, -0.1) is 11.3 Å². The van der Waals surface area contributed by atoms with Gasteiger partial charge < -0.3 is 10.1 Å². The highest BCUT2D eigenvalue weighted by molar-refractivity contribution is 7.18. The van der Waals surface area contributed by atoms with Crippen LogP contribution in [0.3, 0.4) is 0 Å². The van der Waals surface area contributed by atoms with E-state index in [-0.39, 0.29) is 0 Å². The van der Waals surface area contributed by atoms with Crippen molar-refractivity contribution in [3.05, 3.63) is 53.7 Å². The first kappa shape index (κ1) is 15.2.